The van der Waals surface area contributed by atoms with E-state index in [1.807, 2.05) is 9.80 Å². The zero-order valence-corrected chi connectivity index (χ0v) is 30.4. The van der Waals surface area contributed by atoms with Crippen molar-refractivity contribution in [1.82, 2.24) is 24.9 Å². The molecule has 1 unspecified atom stereocenters. The third-order valence-electron chi connectivity index (χ3n) is 12.3. The Balaban J connectivity index is 0.818. The topological polar surface area (TPSA) is 134 Å². The van der Waals surface area contributed by atoms with Crippen molar-refractivity contribution in [1.29, 1.82) is 0 Å². The molecule has 5 amide bonds. The van der Waals surface area contributed by atoms with E-state index in [-0.39, 0.29) is 53.1 Å². The molecule has 12 nitrogen and oxygen atoms in total. The number of hydrogen-bond donors (Lipinski definition) is 2. The zero-order chi connectivity index (χ0) is 39.4. The molecule has 3 atom stereocenters. The van der Waals surface area contributed by atoms with Crippen molar-refractivity contribution in [3.8, 4) is 5.75 Å². The number of benzene rings is 3. The number of piperidine rings is 1. The van der Waals surface area contributed by atoms with Crippen LogP contribution in [0.1, 0.15) is 74.3 Å². The van der Waals surface area contributed by atoms with Crippen molar-refractivity contribution in [3.05, 3.63) is 93.0 Å². The van der Waals surface area contributed by atoms with Crippen LogP contribution < -0.4 is 10.2 Å². The van der Waals surface area contributed by atoms with Crippen LogP contribution in [0.2, 0.25) is 0 Å². The van der Waals surface area contributed by atoms with Gasteiger partial charge in [0.15, 0.2) is 0 Å². The van der Waals surface area contributed by atoms with E-state index in [4.69, 9.17) is 0 Å². The monoisotopic (exact) mass is 774 g/mol. The molecule has 0 bridgehead atoms. The molecule has 0 radical (unpaired) electrons. The maximum atomic E-state index is 16.0. The van der Waals surface area contributed by atoms with Gasteiger partial charge in [0.2, 0.25) is 17.7 Å². The van der Waals surface area contributed by atoms with Crippen LogP contribution >= 0.6 is 0 Å². The molecule has 6 aliphatic rings. The first kappa shape index (κ1) is 36.3. The third kappa shape index (κ3) is 5.92. The Morgan fingerprint density at radius 2 is 1.55 bits per heavy atom. The molecule has 0 saturated carbocycles. The van der Waals surface area contributed by atoms with Crippen LogP contribution in [0.4, 0.5) is 23.2 Å². The predicted octanol–water partition coefficient (Wildman–Crippen LogP) is 3.34. The molecule has 6 heterocycles. The number of rotatable bonds is 7. The Morgan fingerprint density at radius 3 is 2.16 bits per heavy atom. The van der Waals surface area contributed by atoms with Gasteiger partial charge in [-0.05, 0) is 78.4 Å². The lowest BCUT2D eigenvalue weighted by molar-refractivity contribution is -0.146. The number of halogens is 4. The average Bonchev–Trinajstić information content (AvgIpc) is 3.59. The summed E-state index contributed by atoms with van der Waals surface area (Å²) in [6.07, 6.45) is -2.27. The van der Waals surface area contributed by atoms with Gasteiger partial charge in [0.1, 0.15) is 23.4 Å². The first-order valence-electron chi connectivity index (χ1n) is 18.7. The van der Waals surface area contributed by atoms with Crippen LogP contribution in [0.5, 0.6) is 5.75 Å². The standard InChI is InChI=1S/C40H38F4N6O6/c1-20-6-21-7-25(51)2-3-26(21)36(49(20)14-32(43)44)35-29(41)10-24(11-30(35)42)47-16-40(17-47)18-48(19-40)34(53)15-46-12-22-8-27-28(9-23(22)13-46)39(56)50(38(27)55)31-4-5-33(52)45-37(31)54/h2-3,7-11,20,31-32,36,51H,4-6,12-19H2,1H3,(H,45,52,54)/t20-,31?,36+/m1/s1. The molecule has 16 heteroatoms. The summed E-state index contributed by atoms with van der Waals surface area (Å²) in [5.74, 6) is -4.07. The van der Waals surface area contributed by atoms with Gasteiger partial charge in [0.25, 0.3) is 18.2 Å². The number of hydrogen-bond acceptors (Lipinski definition) is 9. The number of anilines is 1. The van der Waals surface area contributed by atoms with Gasteiger partial charge in [-0.2, -0.15) is 0 Å². The van der Waals surface area contributed by atoms with Gasteiger partial charge < -0.3 is 14.9 Å². The number of nitrogens with zero attached hydrogens (tertiary/aromatic N) is 5. The largest absolute Gasteiger partial charge is 0.508 e. The molecule has 3 fully saturated rings. The first-order valence-corrected chi connectivity index (χ1v) is 18.7. The molecule has 3 saturated heterocycles. The van der Waals surface area contributed by atoms with Crippen molar-refractivity contribution in [3.63, 3.8) is 0 Å². The first-order chi connectivity index (χ1) is 26.7. The van der Waals surface area contributed by atoms with Crippen molar-refractivity contribution in [2.24, 2.45) is 5.41 Å². The van der Waals surface area contributed by atoms with Crippen LogP contribution in [0, 0.1) is 17.0 Å². The summed E-state index contributed by atoms with van der Waals surface area (Å²) in [6.45, 7) is 3.87. The maximum Gasteiger partial charge on any atom is 0.262 e. The Kier molecular flexibility index (Phi) is 8.50. The smallest absolute Gasteiger partial charge is 0.262 e. The van der Waals surface area contributed by atoms with E-state index in [0.29, 0.717) is 62.5 Å². The zero-order valence-electron chi connectivity index (χ0n) is 30.4. The van der Waals surface area contributed by atoms with Gasteiger partial charge in [-0.1, -0.05) is 6.07 Å². The van der Waals surface area contributed by atoms with Crippen molar-refractivity contribution >= 4 is 35.2 Å². The van der Waals surface area contributed by atoms with E-state index >= 15 is 8.78 Å². The van der Waals surface area contributed by atoms with Gasteiger partial charge >= 0.3 is 0 Å². The number of aromatic hydroxyl groups is 1. The van der Waals surface area contributed by atoms with Gasteiger partial charge in [0, 0.05) is 68.4 Å². The van der Waals surface area contributed by atoms with Crippen LogP contribution in [0.25, 0.3) is 0 Å². The van der Waals surface area contributed by atoms with Crippen LogP contribution in [0.15, 0.2) is 42.5 Å². The number of phenols is 1. The summed E-state index contributed by atoms with van der Waals surface area (Å²) in [5.41, 5.74) is 2.93. The molecule has 292 valence electrons. The SMILES string of the molecule is C[C@@H]1Cc2cc(O)ccc2[C@@H](c2c(F)cc(N3CC4(CN(C(=O)CN5Cc6cc7c(cc6C5)C(=O)N(C5CCC(=O)NC5=O)C7=O)C4)C3)cc2F)N1CC(F)F. The van der Waals surface area contributed by atoms with Crippen LogP contribution in [0.3, 0.4) is 0 Å². The van der Waals surface area contributed by atoms with E-state index in [9.17, 15) is 37.9 Å². The Bertz CT molecular complexity index is 2170. The third-order valence-corrected chi connectivity index (χ3v) is 12.3. The number of amides is 5. The highest BCUT2D eigenvalue weighted by molar-refractivity contribution is 6.23. The van der Waals surface area contributed by atoms with Gasteiger partial charge in [0.05, 0.1) is 30.3 Å². The summed E-state index contributed by atoms with van der Waals surface area (Å²) >= 11 is 0. The van der Waals surface area contributed by atoms with Gasteiger partial charge in [-0.25, -0.2) is 17.6 Å². The second kappa shape index (κ2) is 13.1. The second-order valence-electron chi connectivity index (χ2n) is 16.1. The molecule has 1 spiro atoms. The summed E-state index contributed by atoms with van der Waals surface area (Å²) < 4.78 is 59.3. The lowest BCUT2D eigenvalue weighted by atomic mass is 9.72. The number of imide groups is 2. The summed E-state index contributed by atoms with van der Waals surface area (Å²) in [5, 5.41) is 12.2. The highest BCUT2D eigenvalue weighted by atomic mass is 19.3. The fourth-order valence-electron chi connectivity index (χ4n) is 9.61. The number of nitrogens with one attached hydrogen (secondary N) is 1. The van der Waals surface area contributed by atoms with Gasteiger partial charge in [-0.15, -0.1) is 0 Å². The lowest BCUT2D eigenvalue weighted by Gasteiger charge is -2.61. The molecular weight excluding hydrogens is 736 g/mol. The summed E-state index contributed by atoms with van der Waals surface area (Å²) in [7, 11) is 0. The van der Waals surface area contributed by atoms with Crippen molar-refractivity contribution in [2.45, 2.75) is 63.8 Å². The highest BCUT2D eigenvalue weighted by Crippen LogP contribution is 2.45. The van der Waals surface area contributed by atoms with E-state index in [2.05, 4.69) is 5.32 Å². The molecular formula is C40H38F4N6O6. The van der Waals surface area contributed by atoms with E-state index in [1.165, 1.54) is 35.2 Å². The summed E-state index contributed by atoms with van der Waals surface area (Å²) in [6, 6.07) is 7.61. The normalized spacial score (nSPS) is 24.3. The molecule has 6 aliphatic heterocycles. The molecule has 2 N–H and O–H groups in total. The Hall–Kier alpha value is -5.35. The lowest BCUT2D eigenvalue weighted by Crippen LogP contribution is -2.73. The minimum atomic E-state index is -2.72. The van der Waals surface area contributed by atoms with Gasteiger partial charge in [-0.3, -0.25) is 44.0 Å². The molecule has 9 rings (SSSR count). The molecule has 56 heavy (non-hydrogen) atoms. The molecule has 3 aromatic rings. The Morgan fingerprint density at radius 1 is 0.911 bits per heavy atom. The second-order valence-corrected chi connectivity index (χ2v) is 16.1. The fourth-order valence-corrected chi connectivity index (χ4v) is 9.61. The Labute approximate surface area is 318 Å². The van der Waals surface area contributed by atoms with Crippen LogP contribution in [-0.4, -0.2) is 112 Å². The quantitative estimate of drug-likeness (QED) is 0.274. The number of carbonyl (C=O) groups is 5. The number of phenolic OH excluding ortho intramolecular Hbond substituents is 1. The number of fused-ring (bicyclic) bond motifs is 3. The van der Waals surface area contributed by atoms with Crippen molar-refractivity contribution in [2.75, 3.05) is 44.2 Å². The molecule has 3 aromatic carbocycles. The minimum Gasteiger partial charge on any atom is -0.508 e. The fraction of sp³-hybridized carbons (Fsp3) is 0.425. The molecule has 0 aromatic heterocycles. The number of likely N-dealkylation sites (tertiary alicyclic amines) is 1. The van der Waals surface area contributed by atoms with E-state index in [0.717, 1.165) is 16.0 Å². The van der Waals surface area contributed by atoms with E-state index in [1.54, 1.807) is 24.0 Å². The minimum absolute atomic E-state index is 0.0129. The molecule has 0 aliphatic carbocycles. The average molecular weight is 775 g/mol. The van der Waals surface area contributed by atoms with E-state index < -0.39 is 66.4 Å². The number of alkyl halides is 2. The maximum absolute atomic E-state index is 16.0. The summed E-state index contributed by atoms with van der Waals surface area (Å²) in [4.78, 5) is 71.7. The predicted molar refractivity (Wildman–Crippen MR) is 191 cm³/mol. The highest BCUT2D eigenvalue weighted by Gasteiger charge is 2.54. The van der Waals surface area contributed by atoms with Crippen LogP contribution in [-0.2, 0) is 33.9 Å². The van der Waals surface area contributed by atoms with Crippen molar-refractivity contribution < 1.29 is 46.6 Å². The number of carbonyl (C=O) groups excluding carboxylic acids is 5.